The molecule has 0 aliphatic rings. The van der Waals surface area contributed by atoms with Gasteiger partial charge in [-0.15, -0.1) is 0 Å². The number of nitrogens with two attached hydrogens (primary N) is 1. The number of carbonyl (C=O) groups excluding carboxylic acids is 1. The molecule has 0 aliphatic heterocycles. The van der Waals surface area contributed by atoms with Crippen molar-refractivity contribution in [3.63, 3.8) is 0 Å². The average Bonchev–Trinajstić information content (AvgIpc) is 2.40. The van der Waals surface area contributed by atoms with Crippen molar-refractivity contribution in [2.24, 2.45) is 0 Å². The van der Waals surface area contributed by atoms with E-state index in [0.29, 0.717) is 17.9 Å². The van der Waals surface area contributed by atoms with Crippen LogP contribution >= 0.6 is 0 Å². The Morgan fingerprint density at radius 3 is 2.39 bits per heavy atom. The van der Waals surface area contributed by atoms with Crippen molar-refractivity contribution in [3.8, 4) is 0 Å². The largest absolute Gasteiger partial charge is 0.399 e. The molecule has 18 heavy (non-hydrogen) atoms. The molecule has 0 atom stereocenters. The maximum absolute atomic E-state index is 11.7. The van der Waals surface area contributed by atoms with Crippen LogP contribution in [0.2, 0.25) is 0 Å². The number of benzene rings is 2. The van der Waals surface area contributed by atoms with E-state index in [0.717, 1.165) is 5.56 Å². The highest BCUT2D eigenvalue weighted by Gasteiger charge is 2.04. The van der Waals surface area contributed by atoms with Gasteiger partial charge in [-0.05, 0) is 29.8 Å². The summed E-state index contributed by atoms with van der Waals surface area (Å²) < 4.78 is 0. The van der Waals surface area contributed by atoms with Gasteiger partial charge < -0.3 is 5.73 Å². The highest BCUT2D eigenvalue weighted by Crippen LogP contribution is 2.05. The predicted molar refractivity (Wildman–Crippen MR) is 69.6 cm³/mol. The van der Waals surface area contributed by atoms with Gasteiger partial charge in [0.1, 0.15) is 0 Å². The van der Waals surface area contributed by atoms with E-state index in [1.807, 2.05) is 30.3 Å². The zero-order chi connectivity index (χ0) is 12.8. The molecule has 0 bridgehead atoms. The number of hydroxylamine groups is 1. The molecule has 0 fully saturated rings. The minimum Gasteiger partial charge on any atom is -0.399 e. The third-order valence-corrected chi connectivity index (χ3v) is 2.42. The number of hydrogen-bond donors (Lipinski definition) is 2. The fraction of sp³-hybridized carbons (Fsp3) is 0.0714. The summed E-state index contributed by atoms with van der Waals surface area (Å²) >= 11 is 0. The Bertz CT molecular complexity index is 509. The molecule has 92 valence electrons. The lowest BCUT2D eigenvalue weighted by Gasteiger charge is -2.06. The van der Waals surface area contributed by atoms with Crippen LogP contribution in [0.15, 0.2) is 54.6 Å². The fourth-order valence-corrected chi connectivity index (χ4v) is 1.45. The van der Waals surface area contributed by atoms with Crippen molar-refractivity contribution < 1.29 is 9.63 Å². The molecule has 0 heterocycles. The summed E-state index contributed by atoms with van der Waals surface area (Å²) in [7, 11) is 0. The number of hydrogen-bond acceptors (Lipinski definition) is 3. The maximum atomic E-state index is 11.7. The fourth-order valence-electron chi connectivity index (χ4n) is 1.45. The van der Waals surface area contributed by atoms with Crippen molar-refractivity contribution >= 4 is 11.6 Å². The quantitative estimate of drug-likeness (QED) is 0.637. The summed E-state index contributed by atoms with van der Waals surface area (Å²) in [4.78, 5) is 16.8. The second-order valence-corrected chi connectivity index (χ2v) is 3.83. The third-order valence-electron chi connectivity index (χ3n) is 2.42. The van der Waals surface area contributed by atoms with Gasteiger partial charge in [-0.2, -0.15) is 0 Å². The Balaban J connectivity index is 1.84. The van der Waals surface area contributed by atoms with Crippen molar-refractivity contribution in [2.75, 3.05) is 5.73 Å². The van der Waals surface area contributed by atoms with Crippen molar-refractivity contribution in [1.82, 2.24) is 5.48 Å². The maximum Gasteiger partial charge on any atom is 0.274 e. The molecule has 0 spiro atoms. The monoisotopic (exact) mass is 242 g/mol. The summed E-state index contributed by atoms with van der Waals surface area (Å²) in [6, 6.07) is 16.3. The number of nitrogen functional groups attached to an aromatic ring is 1. The van der Waals surface area contributed by atoms with Crippen LogP contribution in [0.25, 0.3) is 0 Å². The molecule has 1 amide bonds. The van der Waals surface area contributed by atoms with Crippen LogP contribution < -0.4 is 11.2 Å². The Morgan fingerprint density at radius 2 is 1.72 bits per heavy atom. The van der Waals surface area contributed by atoms with Crippen LogP contribution in [0.4, 0.5) is 5.69 Å². The van der Waals surface area contributed by atoms with Gasteiger partial charge in [-0.25, -0.2) is 5.48 Å². The minimum absolute atomic E-state index is 0.286. The SMILES string of the molecule is Nc1ccc(C(=O)NOCc2ccccc2)cc1. The van der Waals surface area contributed by atoms with Crippen molar-refractivity contribution in [2.45, 2.75) is 6.61 Å². The first-order valence-corrected chi connectivity index (χ1v) is 5.57. The standard InChI is InChI=1S/C14H14N2O2/c15-13-8-6-12(7-9-13)14(17)16-18-10-11-4-2-1-3-5-11/h1-9H,10,15H2,(H,16,17). The molecule has 0 saturated heterocycles. The molecule has 0 unspecified atom stereocenters. The summed E-state index contributed by atoms with van der Waals surface area (Å²) in [5.74, 6) is -0.286. The molecule has 2 aromatic carbocycles. The molecular weight excluding hydrogens is 228 g/mol. The van der Waals surface area contributed by atoms with Crippen LogP contribution in [0.5, 0.6) is 0 Å². The Labute approximate surface area is 105 Å². The smallest absolute Gasteiger partial charge is 0.274 e. The Hall–Kier alpha value is -2.33. The number of anilines is 1. The number of nitrogens with one attached hydrogen (secondary N) is 1. The van der Waals surface area contributed by atoms with Crippen LogP contribution in [0.1, 0.15) is 15.9 Å². The second kappa shape index (κ2) is 5.84. The molecule has 2 aromatic rings. The second-order valence-electron chi connectivity index (χ2n) is 3.83. The molecule has 0 aromatic heterocycles. The van der Waals surface area contributed by atoms with Gasteiger partial charge >= 0.3 is 0 Å². The van der Waals surface area contributed by atoms with Gasteiger partial charge in [0.15, 0.2) is 0 Å². The van der Waals surface area contributed by atoms with Gasteiger partial charge in [0.2, 0.25) is 0 Å². The highest BCUT2D eigenvalue weighted by molar-refractivity contribution is 5.93. The number of amides is 1. The van der Waals surface area contributed by atoms with Crippen LogP contribution in [-0.2, 0) is 11.4 Å². The number of carbonyl (C=O) groups is 1. The Kier molecular flexibility index (Phi) is 3.94. The highest BCUT2D eigenvalue weighted by atomic mass is 16.6. The first kappa shape index (κ1) is 12.1. The molecule has 4 nitrogen and oxygen atoms in total. The van der Waals surface area contributed by atoms with Gasteiger partial charge in [-0.3, -0.25) is 9.63 Å². The first-order chi connectivity index (χ1) is 8.75. The molecule has 0 saturated carbocycles. The summed E-state index contributed by atoms with van der Waals surface area (Å²) in [5.41, 5.74) is 10.1. The topological polar surface area (TPSA) is 64.4 Å². The van der Waals surface area contributed by atoms with E-state index < -0.39 is 0 Å². The molecule has 3 N–H and O–H groups in total. The van der Waals surface area contributed by atoms with E-state index in [9.17, 15) is 4.79 Å². The molecule has 0 radical (unpaired) electrons. The summed E-state index contributed by atoms with van der Waals surface area (Å²) in [6.45, 7) is 0.335. The van der Waals surface area contributed by atoms with Crippen LogP contribution in [-0.4, -0.2) is 5.91 Å². The zero-order valence-electron chi connectivity index (χ0n) is 9.80. The van der Waals surface area contributed by atoms with Crippen LogP contribution in [0, 0.1) is 0 Å². The minimum atomic E-state index is -0.286. The van der Waals surface area contributed by atoms with Crippen LogP contribution in [0.3, 0.4) is 0 Å². The van der Waals surface area contributed by atoms with E-state index in [-0.39, 0.29) is 5.91 Å². The lowest BCUT2D eigenvalue weighted by Crippen LogP contribution is -2.23. The van der Waals surface area contributed by atoms with E-state index in [1.54, 1.807) is 24.3 Å². The lowest BCUT2D eigenvalue weighted by atomic mass is 10.2. The number of rotatable bonds is 4. The molecule has 4 heteroatoms. The van der Waals surface area contributed by atoms with E-state index in [2.05, 4.69) is 5.48 Å². The summed E-state index contributed by atoms with van der Waals surface area (Å²) in [5, 5.41) is 0. The van der Waals surface area contributed by atoms with Crippen molar-refractivity contribution in [1.29, 1.82) is 0 Å². The van der Waals surface area contributed by atoms with Gasteiger partial charge in [0.05, 0.1) is 6.61 Å². The van der Waals surface area contributed by atoms with E-state index in [1.165, 1.54) is 0 Å². The molecular formula is C14H14N2O2. The van der Waals surface area contributed by atoms with Crippen molar-refractivity contribution in [3.05, 3.63) is 65.7 Å². The molecule has 2 rings (SSSR count). The Morgan fingerprint density at radius 1 is 1.06 bits per heavy atom. The third kappa shape index (κ3) is 3.33. The van der Waals surface area contributed by atoms with Gasteiger partial charge in [-0.1, -0.05) is 30.3 Å². The van der Waals surface area contributed by atoms with E-state index in [4.69, 9.17) is 10.6 Å². The van der Waals surface area contributed by atoms with Gasteiger partial charge in [0, 0.05) is 11.3 Å². The molecule has 0 aliphatic carbocycles. The first-order valence-electron chi connectivity index (χ1n) is 5.57. The van der Waals surface area contributed by atoms with Gasteiger partial charge in [0.25, 0.3) is 5.91 Å². The predicted octanol–water partition coefficient (Wildman–Crippen LogP) is 2.13. The van der Waals surface area contributed by atoms with E-state index >= 15 is 0 Å². The average molecular weight is 242 g/mol. The summed E-state index contributed by atoms with van der Waals surface area (Å²) in [6.07, 6.45) is 0. The zero-order valence-corrected chi connectivity index (χ0v) is 9.80. The normalized spacial score (nSPS) is 10.0. The lowest BCUT2D eigenvalue weighted by molar-refractivity contribution is 0.0233.